The molecule has 2 aliphatic heterocycles. The predicted octanol–water partition coefficient (Wildman–Crippen LogP) is 3.20. The summed E-state index contributed by atoms with van der Waals surface area (Å²) in [5.74, 6) is 1.62. The lowest BCUT2D eigenvalue weighted by Gasteiger charge is -2.29. The number of H-pyrrole nitrogens is 1. The van der Waals surface area contributed by atoms with Crippen LogP contribution in [0.1, 0.15) is 26.2 Å². The summed E-state index contributed by atoms with van der Waals surface area (Å²) in [5, 5.41) is 12.1. The molecule has 10 nitrogen and oxygen atoms in total. The molecule has 2 atom stereocenters. The van der Waals surface area contributed by atoms with Gasteiger partial charge in [0.2, 0.25) is 6.79 Å². The minimum absolute atomic E-state index is 0.152. The van der Waals surface area contributed by atoms with Crippen molar-refractivity contribution in [3.63, 3.8) is 0 Å². The number of nitrogens with one attached hydrogen (secondary N) is 3. The third-order valence-corrected chi connectivity index (χ3v) is 7.86. The molecule has 0 bridgehead atoms. The Labute approximate surface area is 208 Å². The van der Waals surface area contributed by atoms with Gasteiger partial charge in [-0.2, -0.15) is 0 Å². The van der Waals surface area contributed by atoms with Crippen molar-refractivity contribution in [2.24, 2.45) is 5.92 Å². The number of ether oxygens (including phenoxy) is 3. The standard InChI is InChI=1S/C22H25BrN6O4S/c1-2-31-21(30)14-7-12(3-5-25-14)4-6-29-10-26-19(24)18-20(29)28-22(27-18)34-17-9-16-15(8-13(17)23)32-11-33-16/h8-10,12,14,24-25H,2-7,11H2,1H3,(H,27,28). The lowest BCUT2D eigenvalue weighted by molar-refractivity contribution is -0.146. The maximum Gasteiger partial charge on any atom is 0.323 e. The third-order valence-electron chi connectivity index (χ3n) is 5.99. The highest BCUT2D eigenvalue weighted by Gasteiger charge is 2.28. The average Bonchev–Trinajstić information content (AvgIpc) is 3.46. The molecule has 180 valence electrons. The zero-order chi connectivity index (χ0) is 23.7. The van der Waals surface area contributed by atoms with Gasteiger partial charge in [0, 0.05) is 15.9 Å². The predicted molar refractivity (Wildman–Crippen MR) is 128 cm³/mol. The van der Waals surface area contributed by atoms with Gasteiger partial charge < -0.3 is 29.1 Å². The molecule has 3 N–H and O–H groups in total. The zero-order valence-electron chi connectivity index (χ0n) is 18.6. The van der Waals surface area contributed by atoms with Crippen LogP contribution in [0.5, 0.6) is 11.5 Å². The van der Waals surface area contributed by atoms with Crippen LogP contribution in [0.15, 0.2) is 33.0 Å². The van der Waals surface area contributed by atoms with Crippen LogP contribution in [-0.2, 0) is 16.1 Å². The quantitative estimate of drug-likeness (QED) is 0.384. The summed E-state index contributed by atoms with van der Waals surface area (Å²) in [7, 11) is 0. The van der Waals surface area contributed by atoms with Crippen LogP contribution in [0.3, 0.4) is 0 Å². The highest BCUT2D eigenvalue weighted by atomic mass is 79.9. The number of aromatic nitrogens is 4. The molecule has 2 aliphatic rings. The molecule has 0 aliphatic carbocycles. The van der Waals surface area contributed by atoms with E-state index in [0.717, 1.165) is 35.2 Å². The van der Waals surface area contributed by atoms with Crippen LogP contribution < -0.4 is 20.3 Å². The Balaban J connectivity index is 1.32. The first-order valence-electron chi connectivity index (χ1n) is 11.2. The monoisotopic (exact) mass is 548 g/mol. The highest BCUT2D eigenvalue weighted by Crippen LogP contribution is 2.42. The largest absolute Gasteiger partial charge is 0.465 e. The minimum Gasteiger partial charge on any atom is -0.465 e. The highest BCUT2D eigenvalue weighted by molar-refractivity contribution is 9.10. The van der Waals surface area contributed by atoms with E-state index >= 15 is 0 Å². The Morgan fingerprint density at radius 2 is 2.21 bits per heavy atom. The van der Waals surface area contributed by atoms with Crippen molar-refractivity contribution in [3.05, 3.63) is 28.4 Å². The van der Waals surface area contributed by atoms with Crippen LogP contribution >= 0.6 is 27.7 Å². The number of carbonyl (C=O) groups is 1. The van der Waals surface area contributed by atoms with Crippen molar-refractivity contribution in [2.75, 3.05) is 19.9 Å². The maximum atomic E-state index is 12.1. The average molecular weight is 549 g/mol. The molecule has 34 heavy (non-hydrogen) atoms. The normalized spacial score (nSPS) is 19.5. The number of aryl methyl sites for hydroxylation is 1. The van der Waals surface area contributed by atoms with E-state index in [9.17, 15) is 4.79 Å². The topological polar surface area (TPSA) is 127 Å². The van der Waals surface area contributed by atoms with Crippen molar-refractivity contribution >= 4 is 44.8 Å². The molecule has 4 heterocycles. The Morgan fingerprint density at radius 1 is 1.38 bits per heavy atom. The number of carbonyl (C=O) groups excluding carboxylic acids is 1. The number of aromatic amines is 1. The molecule has 0 saturated carbocycles. The van der Waals surface area contributed by atoms with E-state index in [1.807, 2.05) is 23.6 Å². The molecule has 2 aromatic heterocycles. The van der Waals surface area contributed by atoms with Crippen molar-refractivity contribution in [1.82, 2.24) is 24.8 Å². The summed E-state index contributed by atoms with van der Waals surface area (Å²) in [6.45, 7) is 3.93. The summed E-state index contributed by atoms with van der Waals surface area (Å²) in [5.41, 5.74) is 1.44. The minimum atomic E-state index is -0.244. The number of piperidine rings is 1. The van der Waals surface area contributed by atoms with Gasteiger partial charge in [0.1, 0.15) is 11.6 Å². The number of halogens is 1. The molecule has 1 aromatic carbocycles. The number of nitrogens with zero attached hydrogens (tertiary/aromatic N) is 3. The van der Waals surface area contributed by atoms with Crippen LogP contribution in [-0.4, -0.2) is 51.5 Å². The molecule has 5 rings (SSSR count). The molecule has 0 radical (unpaired) electrons. The van der Waals surface area contributed by atoms with Crippen LogP contribution in [0.4, 0.5) is 0 Å². The smallest absolute Gasteiger partial charge is 0.323 e. The van der Waals surface area contributed by atoms with E-state index in [2.05, 4.69) is 31.2 Å². The summed E-state index contributed by atoms with van der Waals surface area (Å²) >= 11 is 5.03. The van der Waals surface area contributed by atoms with E-state index in [1.54, 1.807) is 6.33 Å². The second-order valence-corrected chi connectivity index (χ2v) is 10.1. The fourth-order valence-electron chi connectivity index (χ4n) is 4.26. The molecular weight excluding hydrogens is 524 g/mol. The number of fused-ring (bicyclic) bond motifs is 2. The molecule has 0 spiro atoms. The van der Waals surface area contributed by atoms with Crippen LogP contribution in [0, 0.1) is 11.3 Å². The second-order valence-electron chi connectivity index (χ2n) is 8.20. The van der Waals surface area contributed by atoms with E-state index in [4.69, 9.17) is 24.6 Å². The van der Waals surface area contributed by atoms with Gasteiger partial charge in [-0.15, -0.1) is 0 Å². The van der Waals surface area contributed by atoms with Gasteiger partial charge in [0.15, 0.2) is 27.8 Å². The number of hydrogen-bond donors (Lipinski definition) is 3. The molecule has 1 fully saturated rings. The lowest BCUT2D eigenvalue weighted by Crippen LogP contribution is -2.44. The van der Waals surface area contributed by atoms with E-state index in [1.165, 1.54) is 11.8 Å². The number of benzene rings is 1. The van der Waals surface area contributed by atoms with Crippen LogP contribution in [0.2, 0.25) is 0 Å². The lowest BCUT2D eigenvalue weighted by atomic mass is 9.90. The molecule has 2 unspecified atom stereocenters. The Bertz CT molecular complexity index is 1280. The molecule has 12 heteroatoms. The van der Waals surface area contributed by atoms with E-state index < -0.39 is 0 Å². The van der Waals surface area contributed by atoms with Crippen molar-refractivity contribution in [1.29, 1.82) is 5.41 Å². The summed E-state index contributed by atoms with van der Waals surface area (Å²) < 4.78 is 18.9. The Kier molecular flexibility index (Phi) is 6.79. The van der Waals surface area contributed by atoms with Gasteiger partial charge in [-0.05, 0) is 66.7 Å². The van der Waals surface area contributed by atoms with Gasteiger partial charge in [0.05, 0.1) is 12.9 Å². The SMILES string of the molecule is CCOC(=O)C1CC(CCn2cnc(=N)c3[nH]c(Sc4cc5c(cc4Br)OCO5)nc32)CCN1. The summed E-state index contributed by atoms with van der Waals surface area (Å²) in [4.78, 5) is 25.3. The molecule has 1 saturated heterocycles. The van der Waals surface area contributed by atoms with E-state index in [0.29, 0.717) is 46.9 Å². The Hall–Kier alpha value is -2.57. The first-order chi connectivity index (χ1) is 16.5. The maximum absolute atomic E-state index is 12.1. The number of esters is 1. The zero-order valence-corrected chi connectivity index (χ0v) is 21.0. The number of hydrogen-bond acceptors (Lipinski definition) is 9. The summed E-state index contributed by atoms with van der Waals surface area (Å²) in [6.07, 6.45) is 4.31. The van der Waals surface area contributed by atoms with Gasteiger partial charge in [-0.3, -0.25) is 10.2 Å². The van der Waals surface area contributed by atoms with Gasteiger partial charge in [-0.1, -0.05) is 11.8 Å². The molecule has 0 amide bonds. The number of rotatable bonds is 7. The van der Waals surface area contributed by atoms with Crippen LogP contribution in [0.25, 0.3) is 11.2 Å². The van der Waals surface area contributed by atoms with E-state index in [-0.39, 0.29) is 24.3 Å². The molecular formula is C22H25BrN6O4S. The van der Waals surface area contributed by atoms with Crippen molar-refractivity contribution in [2.45, 2.75) is 48.8 Å². The van der Waals surface area contributed by atoms with Crippen molar-refractivity contribution in [3.8, 4) is 11.5 Å². The Morgan fingerprint density at radius 3 is 3.03 bits per heavy atom. The summed E-state index contributed by atoms with van der Waals surface area (Å²) in [6, 6.07) is 3.55. The fraction of sp³-hybridized carbons (Fsp3) is 0.455. The molecule has 3 aromatic rings. The van der Waals surface area contributed by atoms with Gasteiger partial charge >= 0.3 is 5.97 Å². The fourth-order valence-corrected chi connectivity index (χ4v) is 5.64. The van der Waals surface area contributed by atoms with Crippen molar-refractivity contribution < 1.29 is 19.0 Å². The third kappa shape index (κ3) is 4.80. The second kappa shape index (κ2) is 9.96. The van der Waals surface area contributed by atoms with Gasteiger partial charge in [0.25, 0.3) is 0 Å². The number of imidazole rings is 1. The first-order valence-corrected chi connectivity index (χ1v) is 12.8. The van der Waals surface area contributed by atoms with Gasteiger partial charge in [-0.25, -0.2) is 9.97 Å². The first kappa shape index (κ1) is 23.2.